The zero-order valence-corrected chi connectivity index (χ0v) is 10.6. The number of benzene rings is 1. The smallest absolute Gasteiger partial charge is 0.335 e. The van der Waals surface area contributed by atoms with Crippen LogP contribution in [0.5, 0.6) is 5.75 Å². The van der Waals surface area contributed by atoms with Crippen LogP contribution < -0.4 is 4.74 Å². The highest BCUT2D eigenvalue weighted by Crippen LogP contribution is 2.17. The lowest BCUT2D eigenvalue weighted by molar-refractivity contribution is 0.0696. The summed E-state index contributed by atoms with van der Waals surface area (Å²) >= 11 is 0. The van der Waals surface area contributed by atoms with Gasteiger partial charge in [-0.25, -0.2) is 4.79 Å². The minimum Gasteiger partial charge on any atom is -0.478 e. The molecule has 0 spiro atoms. The van der Waals surface area contributed by atoms with Crippen molar-refractivity contribution in [2.75, 3.05) is 19.8 Å². The molecule has 1 aliphatic heterocycles. The molecule has 1 aromatic rings. The van der Waals surface area contributed by atoms with Gasteiger partial charge in [-0.3, -0.25) is 4.90 Å². The number of likely N-dealkylation sites (tertiary alicyclic amines) is 1. The van der Waals surface area contributed by atoms with Gasteiger partial charge in [-0.2, -0.15) is 0 Å². The molecule has 4 heteroatoms. The van der Waals surface area contributed by atoms with Crippen molar-refractivity contribution in [2.45, 2.75) is 19.8 Å². The average molecular weight is 249 g/mol. The molecule has 1 fully saturated rings. The molecule has 0 aromatic heterocycles. The highest BCUT2D eigenvalue weighted by atomic mass is 16.5. The van der Waals surface area contributed by atoms with E-state index in [1.807, 2.05) is 0 Å². The molecule has 0 amide bonds. The van der Waals surface area contributed by atoms with Crippen molar-refractivity contribution in [3.63, 3.8) is 0 Å². The second-order valence-corrected chi connectivity index (χ2v) is 4.93. The van der Waals surface area contributed by atoms with Crippen molar-refractivity contribution < 1.29 is 14.6 Å². The topological polar surface area (TPSA) is 49.8 Å². The molecule has 1 unspecified atom stereocenters. The van der Waals surface area contributed by atoms with Crippen LogP contribution in [0.4, 0.5) is 0 Å². The molecule has 98 valence electrons. The summed E-state index contributed by atoms with van der Waals surface area (Å²) < 4.78 is 5.66. The maximum atomic E-state index is 10.7. The fourth-order valence-corrected chi connectivity index (χ4v) is 2.26. The van der Waals surface area contributed by atoms with E-state index in [-0.39, 0.29) is 5.56 Å². The third-order valence-electron chi connectivity index (χ3n) is 3.26. The van der Waals surface area contributed by atoms with Crippen molar-refractivity contribution in [1.29, 1.82) is 0 Å². The van der Waals surface area contributed by atoms with E-state index in [0.29, 0.717) is 6.73 Å². The number of hydrogen-bond donors (Lipinski definition) is 1. The van der Waals surface area contributed by atoms with Crippen molar-refractivity contribution in [2.24, 2.45) is 5.92 Å². The molecule has 1 heterocycles. The first-order valence-corrected chi connectivity index (χ1v) is 6.33. The Labute approximate surface area is 107 Å². The van der Waals surface area contributed by atoms with E-state index < -0.39 is 5.97 Å². The normalized spacial score (nSPS) is 20.6. The predicted molar refractivity (Wildman–Crippen MR) is 68.9 cm³/mol. The first-order valence-electron chi connectivity index (χ1n) is 6.33. The summed E-state index contributed by atoms with van der Waals surface area (Å²) in [7, 11) is 0. The molecule has 0 saturated carbocycles. The maximum absolute atomic E-state index is 10.7. The molecular formula is C14H19NO3. The van der Waals surface area contributed by atoms with Crippen LogP contribution in [-0.4, -0.2) is 35.8 Å². The standard InChI is InChI=1S/C14H19NO3/c1-11-3-2-8-15(9-11)10-18-13-6-4-12(5-7-13)14(16)17/h4-7,11H,2-3,8-10H2,1H3,(H,16,17). The van der Waals surface area contributed by atoms with Gasteiger partial charge < -0.3 is 9.84 Å². The highest BCUT2D eigenvalue weighted by molar-refractivity contribution is 5.87. The Morgan fingerprint density at radius 2 is 2.17 bits per heavy atom. The van der Waals surface area contributed by atoms with E-state index >= 15 is 0 Å². The Kier molecular flexibility index (Phi) is 4.20. The molecule has 1 saturated heterocycles. The predicted octanol–water partition coefficient (Wildman–Crippen LogP) is 2.45. The summed E-state index contributed by atoms with van der Waals surface area (Å²) in [6.07, 6.45) is 2.52. The number of carboxylic acid groups (broad SMARTS) is 1. The number of carbonyl (C=O) groups is 1. The van der Waals surface area contributed by atoms with Gasteiger partial charge in [-0.05, 0) is 43.0 Å². The van der Waals surface area contributed by atoms with E-state index in [9.17, 15) is 4.79 Å². The van der Waals surface area contributed by atoms with Crippen LogP contribution in [0.25, 0.3) is 0 Å². The minimum absolute atomic E-state index is 0.286. The van der Waals surface area contributed by atoms with Crippen molar-refractivity contribution in [3.05, 3.63) is 29.8 Å². The molecule has 1 aromatic carbocycles. The van der Waals surface area contributed by atoms with Crippen LogP contribution in [0.1, 0.15) is 30.1 Å². The molecule has 2 rings (SSSR count). The van der Waals surface area contributed by atoms with Crippen LogP contribution in [0.15, 0.2) is 24.3 Å². The Hall–Kier alpha value is -1.55. The van der Waals surface area contributed by atoms with Gasteiger partial charge in [0, 0.05) is 13.1 Å². The van der Waals surface area contributed by atoms with Gasteiger partial charge in [-0.15, -0.1) is 0 Å². The number of ether oxygens (including phenoxy) is 1. The van der Waals surface area contributed by atoms with Crippen LogP contribution >= 0.6 is 0 Å². The zero-order valence-electron chi connectivity index (χ0n) is 10.6. The second-order valence-electron chi connectivity index (χ2n) is 4.93. The molecule has 1 N–H and O–H groups in total. The fraction of sp³-hybridized carbons (Fsp3) is 0.500. The lowest BCUT2D eigenvalue weighted by Gasteiger charge is -2.30. The lowest BCUT2D eigenvalue weighted by atomic mass is 10.0. The number of aromatic carboxylic acids is 1. The van der Waals surface area contributed by atoms with Crippen LogP contribution in [0.3, 0.4) is 0 Å². The number of hydrogen-bond acceptors (Lipinski definition) is 3. The van der Waals surface area contributed by atoms with Crippen LogP contribution in [0, 0.1) is 5.92 Å². The fourth-order valence-electron chi connectivity index (χ4n) is 2.26. The zero-order chi connectivity index (χ0) is 13.0. The Bertz CT molecular complexity index is 402. The van der Waals surface area contributed by atoms with Gasteiger partial charge in [0.05, 0.1) is 5.56 Å². The van der Waals surface area contributed by atoms with Gasteiger partial charge in [0.15, 0.2) is 0 Å². The monoisotopic (exact) mass is 249 g/mol. The molecule has 1 atom stereocenters. The van der Waals surface area contributed by atoms with Crippen molar-refractivity contribution >= 4 is 5.97 Å². The first-order chi connectivity index (χ1) is 8.65. The van der Waals surface area contributed by atoms with E-state index in [1.165, 1.54) is 12.8 Å². The number of carboxylic acids is 1. The van der Waals surface area contributed by atoms with Gasteiger partial charge in [0.2, 0.25) is 0 Å². The number of piperidine rings is 1. The lowest BCUT2D eigenvalue weighted by Crippen LogP contribution is -2.36. The minimum atomic E-state index is -0.911. The van der Waals surface area contributed by atoms with Gasteiger partial charge in [-0.1, -0.05) is 6.92 Å². The summed E-state index contributed by atoms with van der Waals surface area (Å²) in [5, 5.41) is 8.79. The molecular weight excluding hydrogens is 230 g/mol. The number of nitrogens with zero attached hydrogens (tertiary/aromatic N) is 1. The summed E-state index contributed by atoms with van der Waals surface area (Å²) in [5.41, 5.74) is 0.286. The van der Waals surface area contributed by atoms with E-state index in [2.05, 4.69) is 11.8 Å². The molecule has 18 heavy (non-hydrogen) atoms. The Balaban J connectivity index is 1.84. The van der Waals surface area contributed by atoms with Crippen LogP contribution in [0.2, 0.25) is 0 Å². The quantitative estimate of drug-likeness (QED) is 0.890. The summed E-state index contributed by atoms with van der Waals surface area (Å²) in [6.45, 7) is 5.00. The highest BCUT2D eigenvalue weighted by Gasteiger charge is 2.16. The van der Waals surface area contributed by atoms with Crippen LogP contribution in [-0.2, 0) is 0 Å². The van der Waals surface area contributed by atoms with Gasteiger partial charge in [0.25, 0.3) is 0 Å². The third kappa shape index (κ3) is 3.47. The maximum Gasteiger partial charge on any atom is 0.335 e. The van der Waals surface area contributed by atoms with E-state index in [1.54, 1.807) is 24.3 Å². The van der Waals surface area contributed by atoms with E-state index in [4.69, 9.17) is 9.84 Å². The first kappa shape index (κ1) is 12.9. The SMILES string of the molecule is CC1CCCN(COc2ccc(C(=O)O)cc2)C1. The van der Waals surface area contributed by atoms with Crippen molar-refractivity contribution in [1.82, 2.24) is 4.90 Å². The molecule has 1 aliphatic rings. The van der Waals surface area contributed by atoms with Crippen molar-refractivity contribution in [3.8, 4) is 5.75 Å². The van der Waals surface area contributed by atoms with E-state index in [0.717, 1.165) is 24.8 Å². The summed E-state index contributed by atoms with van der Waals surface area (Å²) in [6, 6.07) is 6.54. The molecule has 0 aliphatic carbocycles. The number of rotatable bonds is 4. The summed E-state index contributed by atoms with van der Waals surface area (Å²) in [4.78, 5) is 13.0. The molecule has 4 nitrogen and oxygen atoms in total. The second kappa shape index (κ2) is 5.87. The largest absolute Gasteiger partial charge is 0.478 e. The molecule has 0 radical (unpaired) electrons. The summed E-state index contributed by atoms with van der Waals surface area (Å²) in [5.74, 6) is 0.543. The third-order valence-corrected chi connectivity index (χ3v) is 3.26. The average Bonchev–Trinajstić information content (AvgIpc) is 2.37. The van der Waals surface area contributed by atoms with Gasteiger partial charge in [0.1, 0.15) is 12.5 Å². The Morgan fingerprint density at radius 3 is 2.78 bits per heavy atom. The van der Waals surface area contributed by atoms with Gasteiger partial charge >= 0.3 is 5.97 Å². The molecule has 0 bridgehead atoms. The Morgan fingerprint density at radius 1 is 1.44 bits per heavy atom.